The second-order valence-corrected chi connectivity index (χ2v) is 4.55. The first kappa shape index (κ1) is 13.5. The summed E-state index contributed by atoms with van der Waals surface area (Å²) >= 11 is 5.97. The molecule has 0 saturated carbocycles. The Hall–Kier alpha value is -1.88. The number of halogens is 1. The van der Waals surface area contributed by atoms with Crippen LogP contribution in [0.15, 0.2) is 30.6 Å². The Morgan fingerprint density at radius 1 is 1.53 bits per heavy atom. The summed E-state index contributed by atoms with van der Waals surface area (Å²) in [6.07, 6.45) is 3.32. The fourth-order valence-corrected chi connectivity index (χ4v) is 1.73. The first-order chi connectivity index (χ1) is 9.13. The van der Waals surface area contributed by atoms with E-state index in [4.69, 9.17) is 16.3 Å². The molecule has 2 heterocycles. The molecule has 0 saturated heterocycles. The molecule has 0 aliphatic heterocycles. The summed E-state index contributed by atoms with van der Waals surface area (Å²) in [4.78, 5) is 16.0. The lowest BCUT2D eigenvalue weighted by Crippen LogP contribution is -2.11. The van der Waals surface area contributed by atoms with E-state index in [2.05, 4.69) is 10.1 Å². The van der Waals surface area contributed by atoms with Gasteiger partial charge in [-0.3, -0.25) is 0 Å². The van der Waals surface area contributed by atoms with E-state index >= 15 is 0 Å². The molecule has 1 atom stereocenters. The van der Waals surface area contributed by atoms with E-state index in [1.807, 2.05) is 6.92 Å². The maximum Gasteiger partial charge on any atom is 0.341 e. The molecular formula is C13H14ClN3O2. The quantitative estimate of drug-likeness (QED) is 0.638. The van der Waals surface area contributed by atoms with Crippen LogP contribution >= 0.6 is 11.6 Å². The van der Waals surface area contributed by atoms with Gasteiger partial charge in [0.15, 0.2) is 5.82 Å². The summed E-state index contributed by atoms with van der Waals surface area (Å²) in [5.41, 5.74) is 1.10. The largest absolute Gasteiger partial charge is 0.462 e. The average molecular weight is 280 g/mol. The molecule has 0 aliphatic rings. The van der Waals surface area contributed by atoms with Gasteiger partial charge < -0.3 is 4.74 Å². The van der Waals surface area contributed by atoms with E-state index in [1.165, 1.54) is 4.68 Å². The minimum atomic E-state index is -0.415. The van der Waals surface area contributed by atoms with Gasteiger partial charge in [-0.1, -0.05) is 0 Å². The minimum absolute atomic E-state index is 0.198. The maximum absolute atomic E-state index is 11.9. The van der Waals surface area contributed by atoms with Gasteiger partial charge >= 0.3 is 5.97 Å². The van der Waals surface area contributed by atoms with E-state index in [0.29, 0.717) is 18.0 Å². The molecule has 5 nitrogen and oxygen atoms in total. The van der Waals surface area contributed by atoms with Crippen molar-refractivity contribution in [1.29, 1.82) is 0 Å². The Labute approximate surface area is 116 Å². The van der Waals surface area contributed by atoms with Crippen LogP contribution < -0.4 is 0 Å². The van der Waals surface area contributed by atoms with Gasteiger partial charge in [-0.05, 0) is 32.0 Å². The van der Waals surface area contributed by atoms with E-state index in [-0.39, 0.29) is 5.38 Å². The highest BCUT2D eigenvalue weighted by Crippen LogP contribution is 2.19. The highest BCUT2D eigenvalue weighted by atomic mass is 35.5. The van der Waals surface area contributed by atoms with Crippen LogP contribution in [0.2, 0.25) is 0 Å². The van der Waals surface area contributed by atoms with Gasteiger partial charge in [0.25, 0.3) is 0 Å². The molecule has 0 amide bonds. The highest BCUT2D eigenvalue weighted by Gasteiger charge is 2.16. The van der Waals surface area contributed by atoms with Crippen LogP contribution in [0.3, 0.4) is 0 Å². The van der Waals surface area contributed by atoms with Gasteiger partial charge in [0, 0.05) is 12.4 Å². The lowest BCUT2D eigenvalue weighted by Gasteiger charge is -2.07. The van der Waals surface area contributed by atoms with Crippen molar-refractivity contribution in [3.63, 3.8) is 0 Å². The lowest BCUT2D eigenvalue weighted by molar-refractivity contribution is 0.0525. The Bertz CT molecular complexity index is 581. The molecular weight excluding hydrogens is 266 g/mol. The number of nitrogens with zero attached hydrogens (tertiary/aromatic N) is 3. The SMILES string of the molecule is CCOC(=O)c1cccnc1-n1ccc([C@@H](C)Cl)n1. The van der Waals surface area contributed by atoms with Crippen molar-refractivity contribution < 1.29 is 9.53 Å². The number of alkyl halides is 1. The molecule has 2 rings (SSSR count). The number of aromatic nitrogens is 3. The van der Waals surface area contributed by atoms with Gasteiger partial charge in [-0.2, -0.15) is 5.10 Å². The normalized spacial score (nSPS) is 12.2. The van der Waals surface area contributed by atoms with Crippen molar-refractivity contribution in [3.8, 4) is 5.82 Å². The van der Waals surface area contributed by atoms with Crippen molar-refractivity contribution in [2.45, 2.75) is 19.2 Å². The molecule has 0 radical (unpaired) electrons. The summed E-state index contributed by atoms with van der Waals surface area (Å²) < 4.78 is 6.53. The molecule has 0 N–H and O–H groups in total. The zero-order valence-electron chi connectivity index (χ0n) is 10.7. The van der Waals surface area contributed by atoms with Gasteiger partial charge in [0.05, 0.1) is 17.7 Å². The maximum atomic E-state index is 11.9. The molecule has 6 heteroatoms. The van der Waals surface area contributed by atoms with Crippen LogP contribution in [-0.4, -0.2) is 27.3 Å². The Kier molecular flexibility index (Phi) is 4.16. The van der Waals surface area contributed by atoms with E-state index < -0.39 is 5.97 Å². The second kappa shape index (κ2) is 5.84. The molecule has 0 aromatic carbocycles. The monoisotopic (exact) mass is 279 g/mol. The molecule has 0 fully saturated rings. The fourth-order valence-electron chi connectivity index (χ4n) is 1.62. The zero-order chi connectivity index (χ0) is 13.8. The predicted molar refractivity (Wildman–Crippen MR) is 71.6 cm³/mol. The number of hydrogen-bond acceptors (Lipinski definition) is 4. The molecule has 19 heavy (non-hydrogen) atoms. The van der Waals surface area contributed by atoms with Crippen LogP contribution in [-0.2, 0) is 4.74 Å². The first-order valence-corrected chi connectivity index (χ1v) is 6.39. The zero-order valence-corrected chi connectivity index (χ0v) is 11.5. The van der Waals surface area contributed by atoms with Crippen LogP contribution in [0.25, 0.3) is 5.82 Å². The smallest absolute Gasteiger partial charge is 0.341 e. The topological polar surface area (TPSA) is 57.0 Å². The van der Waals surface area contributed by atoms with Crippen molar-refractivity contribution >= 4 is 17.6 Å². The van der Waals surface area contributed by atoms with Gasteiger partial charge in [0.2, 0.25) is 0 Å². The molecule has 2 aromatic rings. The Morgan fingerprint density at radius 2 is 2.32 bits per heavy atom. The third-order valence-corrected chi connectivity index (χ3v) is 2.74. The lowest BCUT2D eigenvalue weighted by atomic mass is 10.2. The Morgan fingerprint density at radius 3 is 2.95 bits per heavy atom. The summed E-state index contributed by atoms with van der Waals surface area (Å²) in [6, 6.07) is 5.14. The number of carbonyl (C=O) groups excluding carboxylic acids is 1. The number of esters is 1. The second-order valence-electron chi connectivity index (χ2n) is 3.90. The molecule has 0 spiro atoms. The van der Waals surface area contributed by atoms with Gasteiger partial charge in [-0.25, -0.2) is 14.5 Å². The summed E-state index contributed by atoms with van der Waals surface area (Å²) in [7, 11) is 0. The first-order valence-electron chi connectivity index (χ1n) is 5.95. The molecule has 2 aromatic heterocycles. The van der Waals surface area contributed by atoms with Crippen LogP contribution in [0.1, 0.15) is 35.3 Å². The summed E-state index contributed by atoms with van der Waals surface area (Å²) in [5.74, 6) is 0.0195. The van der Waals surface area contributed by atoms with E-state index in [9.17, 15) is 4.79 Å². The summed E-state index contributed by atoms with van der Waals surface area (Å²) in [5, 5.41) is 4.10. The Balaban J connectivity index is 2.41. The van der Waals surface area contributed by atoms with Crippen LogP contribution in [0.5, 0.6) is 0 Å². The number of ether oxygens (including phenoxy) is 1. The number of carbonyl (C=O) groups is 1. The molecule has 0 aliphatic carbocycles. The number of pyridine rings is 1. The molecule has 0 unspecified atom stereocenters. The number of hydrogen-bond donors (Lipinski definition) is 0. The van der Waals surface area contributed by atoms with Crippen LogP contribution in [0, 0.1) is 0 Å². The van der Waals surface area contributed by atoms with Crippen molar-refractivity contribution in [3.05, 3.63) is 41.9 Å². The van der Waals surface area contributed by atoms with Crippen LogP contribution in [0.4, 0.5) is 0 Å². The third-order valence-electron chi connectivity index (χ3n) is 2.52. The third kappa shape index (κ3) is 2.93. The highest BCUT2D eigenvalue weighted by molar-refractivity contribution is 6.20. The molecule has 0 bridgehead atoms. The minimum Gasteiger partial charge on any atom is -0.462 e. The van der Waals surface area contributed by atoms with Gasteiger partial charge in [-0.15, -0.1) is 11.6 Å². The fraction of sp³-hybridized carbons (Fsp3) is 0.308. The summed E-state index contributed by atoms with van der Waals surface area (Å²) in [6.45, 7) is 3.91. The van der Waals surface area contributed by atoms with E-state index in [0.717, 1.165) is 5.69 Å². The number of rotatable bonds is 4. The van der Waals surface area contributed by atoms with Crippen molar-refractivity contribution in [1.82, 2.24) is 14.8 Å². The van der Waals surface area contributed by atoms with Gasteiger partial charge in [0.1, 0.15) is 5.56 Å². The average Bonchev–Trinajstić information content (AvgIpc) is 2.88. The van der Waals surface area contributed by atoms with E-state index in [1.54, 1.807) is 37.5 Å². The van der Waals surface area contributed by atoms with Crippen molar-refractivity contribution in [2.75, 3.05) is 6.61 Å². The molecule has 100 valence electrons. The van der Waals surface area contributed by atoms with Crippen molar-refractivity contribution in [2.24, 2.45) is 0 Å². The standard InChI is InChI=1S/C13H14ClN3O2/c1-3-19-13(18)10-5-4-7-15-12(10)17-8-6-11(16-17)9(2)14/h4-9H,3H2,1-2H3/t9-/m1/s1. The predicted octanol–water partition coefficient (Wildman–Crippen LogP) is 2.74.